The summed E-state index contributed by atoms with van der Waals surface area (Å²) in [7, 11) is 1.67. The van der Waals surface area contributed by atoms with Crippen LogP contribution in [0.25, 0.3) is 0 Å². The van der Waals surface area contributed by atoms with Crippen molar-refractivity contribution in [1.29, 1.82) is 0 Å². The average molecular weight is 278 g/mol. The van der Waals surface area contributed by atoms with Gasteiger partial charge in [0.15, 0.2) is 0 Å². The number of rotatable bonds is 8. The lowest BCUT2D eigenvalue weighted by Crippen LogP contribution is -2.45. The molecule has 4 nitrogen and oxygen atoms in total. The molecule has 20 heavy (non-hydrogen) atoms. The first-order valence-corrected chi connectivity index (χ1v) is 7.23. The minimum absolute atomic E-state index is 0.0591. The molecule has 0 aromatic heterocycles. The summed E-state index contributed by atoms with van der Waals surface area (Å²) in [6.07, 6.45) is 1.98. The molecule has 0 fully saturated rings. The second-order valence-electron chi connectivity index (χ2n) is 5.07. The Morgan fingerprint density at radius 1 is 1.25 bits per heavy atom. The number of methoxy groups -OCH3 is 1. The molecular weight excluding hydrogens is 252 g/mol. The summed E-state index contributed by atoms with van der Waals surface area (Å²) in [6.45, 7) is 6.61. The highest BCUT2D eigenvalue weighted by molar-refractivity contribution is 5.81. The van der Waals surface area contributed by atoms with E-state index in [-0.39, 0.29) is 11.9 Å². The second-order valence-corrected chi connectivity index (χ2v) is 5.07. The summed E-state index contributed by atoms with van der Waals surface area (Å²) in [5, 5.41) is 6.14. The van der Waals surface area contributed by atoms with Gasteiger partial charge in [0.1, 0.15) is 5.75 Å². The van der Waals surface area contributed by atoms with Crippen LogP contribution in [0, 0.1) is 0 Å². The van der Waals surface area contributed by atoms with Crippen LogP contribution >= 0.6 is 0 Å². The van der Waals surface area contributed by atoms with Gasteiger partial charge in [-0.15, -0.1) is 0 Å². The molecule has 0 aliphatic rings. The van der Waals surface area contributed by atoms with Gasteiger partial charge in [-0.3, -0.25) is 4.79 Å². The third-order valence-corrected chi connectivity index (χ3v) is 3.30. The lowest BCUT2D eigenvalue weighted by molar-refractivity contribution is -0.122. The topological polar surface area (TPSA) is 50.4 Å². The summed E-state index contributed by atoms with van der Waals surface area (Å²) in [5.41, 5.74) is 1.28. The lowest BCUT2D eigenvalue weighted by atomic mass is 10.1. The van der Waals surface area contributed by atoms with Gasteiger partial charge >= 0.3 is 0 Å². The molecule has 0 bridgehead atoms. The number of hydrogen-bond donors (Lipinski definition) is 2. The minimum atomic E-state index is -0.152. The zero-order valence-electron chi connectivity index (χ0n) is 12.9. The molecule has 0 saturated carbocycles. The zero-order valence-corrected chi connectivity index (χ0v) is 12.9. The number of nitrogens with one attached hydrogen (secondary N) is 2. The van der Waals surface area contributed by atoms with Crippen LogP contribution < -0.4 is 15.4 Å². The summed E-state index contributed by atoms with van der Waals surface area (Å²) in [4.78, 5) is 11.6. The molecule has 1 aromatic carbocycles. The molecule has 0 saturated heterocycles. The van der Waals surface area contributed by atoms with Crippen molar-refractivity contribution in [2.75, 3.05) is 13.7 Å². The zero-order chi connectivity index (χ0) is 15.0. The van der Waals surface area contributed by atoms with Gasteiger partial charge in [0.2, 0.25) is 5.91 Å². The fourth-order valence-corrected chi connectivity index (χ4v) is 2.09. The van der Waals surface area contributed by atoms with Gasteiger partial charge in [-0.1, -0.05) is 12.1 Å². The Morgan fingerprint density at radius 3 is 2.45 bits per heavy atom. The molecule has 2 unspecified atom stereocenters. The molecule has 1 amide bonds. The van der Waals surface area contributed by atoms with E-state index in [0.29, 0.717) is 12.6 Å². The predicted octanol–water partition coefficient (Wildman–Crippen LogP) is 2.13. The van der Waals surface area contributed by atoms with Crippen LogP contribution in [0.15, 0.2) is 24.3 Å². The van der Waals surface area contributed by atoms with Gasteiger partial charge in [0, 0.05) is 12.6 Å². The number of amides is 1. The van der Waals surface area contributed by atoms with Crippen molar-refractivity contribution < 1.29 is 9.53 Å². The van der Waals surface area contributed by atoms with Crippen molar-refractivity contribution in [2.45, 2.75) is 45.7 Å². The Labute approximate surface area is 121 Å². The average Bonchev–Trinajstić information content (AvgIpc) is 2.45. The molecule has 2 atom stereocenters. The largest absolute Gasteiger partial charge is 0.497 e. The molecule has 1 rings (SSSR count). The van der Waals surface area contributed by atoms with Gasteiger partial charge in [-0.25, -0.2) is 0 Å². The van der Waals surface area contributed by atoms with E-state index >= 15 is 0 Å². The Hall–Kier alpha value is -1.55. The predicted molar refractivity (Wildman–Crippen MR) is 82.1 cm³/mol. The summed E-state index contributed by atoms with van der Waals surface area (Å²) >= 11 is 0. The van der Waals surface area contributed by atoms with Gasteiger partial charge < -0.3 is 15.4 Å². The second kappa shape index (κ2) is 8.59. The standard InChI is InChI=1S/C16H26N2O2/c1-5-17-16(19)13(3)18-12(2)6-7-14-8-10-15(20-4)11-9-14/h8-13,18H,5-7H2,1-4H3,(H,17,19). The van der Waals surface area contributed by atoms with Crippen molar-refractivity contribution in [2.24, 2.45) is 0 Å². The Bertz CT molecular complexity index is 403. The van der Waals surface area contributed by atoms with E-state index in [1.54, 1.807) is 7.11 Å². The van der Waals surface area contributed by atoms with Crippen LogP contribution in [0.2, 0.25) is 0 Å². The number of benzene rings is 1. The maximum Gasteiger partial charge on any atom is 0.236 e. The van der Waals surface area contributed by atoms with Crippen molar-refractivity contribution in [3.05, 3.63) is 29.8 Å². The summed E-state index contributed by atoms with van der Waals surface area (Å²) < 4.78 is 5.14. The smallest absolute Gasteiger partial charge is 0.236 e. The first-order chi connectivity index (χ1) is 9.56. The maximum atomic E-state index is 11.6. The first kappa shape index (κ1) is 16.5. The quantitative estimate of drug-likeness (QED) is 0.766. The summed E-state index contributed by atoms with van der Waals surface area (Å²) in [6, 6.07) is 8.27. The molecule has 2 N–H and O–H groups in total. The van der Waals surface area contributed by atoms with Crippen LogP contribution in [0.5, 0.6) is 5.75 Å². The van der Waals surface area contributed by atoms with E-state index in [1.807, 2.05) is 26.0 Å². The maximum absolute atomic E-state index is 11.6. The van der Waals surface area contributed by atoms with E-state index in [1.165, 1.54) is 5.56 Å². The van der Waals surface area contributed by atoms with E-state index in [4.69, 9.17) is 4.74 Å². The number of likely N-dealkylation sites (N-methyl/N-ethyl adjacent to an activating group) is 1. The molecule has 0 heterocycles. The van der Waals surface area contributed by atoms with Crippen molar-refractivity contribution in [3.8, 4) is 5.75 Å². The van der Waals surface area contributed by atoms with Crippen LogP contribution in [0.4, 0.5) is 0 Å². The third-order valence-electron chi connectivity index (χ3n) is 3.30. The van der Waals surface area contributed by atoms with Gasteiger partial charge in [0.25, 0.3) is 0 Å². The highest BCUT2D eigenvalue weighted by Crippen LogP contribution is 2.13. The van der Waals surface area contributed by atoms with Gasteiger partial charge in [-0.05, 0) is 51.3 Å². The Balaban J connectivity index is 2.34. The monoisotopic (exact) mass is 278 g/mol. The van der Waals surface area contributed by atoms with Crippen LogP contribution in [-0.4, -0.2) is 31.6 Å². The SMILES string of the molecule is CCNC(=O)C(C)NC(C)CCc1ccc(OC)cc1. The fraction of sp³-hybridized carbons (Fsp3) is 0.562. The highest BCUT2D eigenvalue weighted by Gasteiger charge is 2.14. The molecule has 4 heteroatoms. The first-order valence-electron chi connectivity index (χ1n) is 7.23. The normalized spacial score (nSPS) is 13.6. The number of hydrogen-bond acceptors (Lipinski definition) is 3. The highest BCUT2D eigenvalue weighted by atomic mass is 16.5. The lowest BCUT2D eigenvalue weighted by Gasteiger charge is -2.19. The van der Waals surface area contributed by atoms with Crippen LogP contribution in [0.1, 0.15) is 32.8 Å². The number of carbonyl (C=O) groups excluding carboxylic acids is 1. The van der Waals surface area contributed by atoms with E-state index in [2.05, 4.69) is 29.7 Å². The minimum Gasteiger partial charge on any atom is -0.497 e. The molecule has 0 radical (unpaired) electrons. The molecule has 1 aromatic rings. The number of aryl methyl sites for hydroxylation is 1. The van der Waals surface area contributed by atoms with E-state index in [9.17, 15) is 4.79 Å². The van der Waals surface area contributed by atoms with Crippen molar-refractivity contribution in [3.63, 3.8) is 0 Å². The Kier molecular flexibility index (Phi) is 7.09. The molecule has 0 spiro atoms. The number of ether oxygens (including phenoxy) is 1. The van der Waals surface area contributed by atoms with Crippen molar-refractivity contribution >= 4 is 5.91 Å². The molecule has 0 aliphatic heterocycles. The molecular formula is C16H26N2O2. The Morgan fingerprint density at radius 2 is 1.90 bits per heavy atom. The van der Waals surface area contributed by atoms with Crippen LogP contribution in [0.3, 0.4) is 0 Å². The van der Waals surface area contributed by atoms with E-state index < -0.39 is 0 Å². The van der Waals surface area contributed by atoms with Crippen LogP contribution in [-0.2, 0) is 11.2 Å². The fourth-order valence-electron chi connectivity index (χ4n) is 2.09. The van der Waals surface area contributed by atoms with Gasteiger partial charge in [-0.2, -0.15) is 0 Å². The molecule has 0 aliphatic carbocycles. The van der Waals surface area contributed by atoms with Gasteiger partial charge in [0.05, 0.1) is 13.2 Å². The van der Waals surface area contributed by atoms with E-state index in [0.717, 1.165) is 18.6 Å². The third kappa shape index (κ3) is 5.61. The van der Waals surface area contributed by atoms with Crippen molar-refractivity contribution in [1.82, 2.24) is 10.6 Å². The molecule has 112 valence electrons. The number of carbonyl (C=O) groups is 1. The summed E-state index contributed by atoms with van der Waals surface area (Å²) in [5.74, 6) is 0.938.